The molecule has 0 aliphatic carbocycles. The Morgan fingerprint density at radius 1 is 1.18 bits per heavy atom. The Labute approximate surface area is 193 Å². The summed E-state index contributed by atoms with van der Waals surface area (Å²) in [6, 6.07) is 16.7. The average Bonchev–Trinajstić information content (AvgIpc) is 3.41. The molecular formula is C26H28N4O3. The predicted octanol–water partition coefficient (Wildman–Crippen LogP) is 3.16. The first kappa shape index (κ1) is 21.4. The Kier molecular flexibility index (Phi) is 5.72. The molecule has 7 nitrogen and oxygen atoms in total. The topological polar surface area (TPSA) is 76.6 Å². The van der Waals surface area contributed by atoms with Gasteiger partial charge in [0.2, 0.25) is 5.91 Å². The third-order valence-electron chi connectivity index (χ3n) is 6.55. The molecule has 2 aliphatic rings. The van der Waals surface area contributed by atoms with Crippen LogP contribution in [-0.4, -0.2) is 42.2 Å². The molecule has 1 N–H and O–H groups in total. The van der Waals surface area contributed by atoms with E-state index in [9.17, 15) is 4.79 Å². The summed E-state index contributed by atoms with van der Waals surface area (Å²) in [6.45, 7) is 4.39. The first-order chi connectivity index (χ1) is 16.1. The number of ether oxygens (including phenoxy) is 2. The molecule has 2 unspecified atom stereocenters. The van der Waals surface area contributed by atoms with Gasteiger partial charge in [0.05, 0.1) is 37.8 Å². The number of aryl methyl sites for hydroxylation is 1. The maximum absolute atomic E-state index is 12.9. The fourth-order valence-electron chi connectivity index (χ4n) is 4.83. The number of carbonyl (C=O) groups excluding carboxylic acids is 1. The zero-order chi connectivity index (χ0) is 22.8. The highest BCUT2D eigenvalue weighted by molar-refractivity contribution is 5.81. The van der Waals surface area contributed by atoms with Gasteiger partial charge in [-0.25, -0.2) is 0 Å². The van der Waals surface area contributed by atoms with Crippen LogP contribution in [0.3, 0.4) is 0 Å². The molecule has 0 bridgehead atoms. The van der Waals surface area contributed by atoms with Crippen LogP contribution in [0.5, 0.6) is 5.75 Å². The first-order valence-corrected chi connectivity index (χ1v) is 11.2. The van der Waals surface area contributed by atoms with Crippen molar-refractivity contribution >= 4 is 11.6 Å². The quantitative estimate of drug-likeness (QED) is 0.630. The minimum absolute atomic E-state index is 0.0969. The van der Waals surface area contributed by atoms with Gasteiger partial charge in [-0.1, -0.05) is 30.3 Å². The zero-order valence-corrected chi connectivity index (χ0v) is 19.0. The lowest BCUT2D eigenvalue weighted by atomic mass is 9.80. The van der Waals surface area contributed by atoms with E-state index >= 15 is 0 Å². The Balaban J connectivity index is 1.28. The number of nitrogens with zero attached hydrogens (tertiary/aromatic N) is 3. The van der Waals surface area contributed by atoms with Crippen molar-refractivity contribution in [3.63, 3.8) is 0 Å². The third kappa shape index (κ3) is 4.28. The molecule has 1 saturated heterocycles. The number of hydrogen-bond acceptors (Lipinski definition) is 6. The number of para-hydroxylation sites is 1. The van der Waals surface area contributed by atoms with Crippen LogP contribution in [0.1, 0.15) is 28.9 Å². The van der Waals surface area contributed by atoms with E-state index in [4.69, 9.17) is 9.47 Å². The third-order valence-corrected chi connectivity index (χ3v) is 6.55. The van der Waals surface area contributed by atoms with Crippen LogP contribution >= 0.6 is 0 Å². The molecule has 0 saturated carbocycles. The summed E-state index contributed by atoms with van der Waals surface area (Å²) in [4.78, 5) is 23.8. The van der Waals surface area contributed by atoms with Crippen LogP contribution in [0, 0.1) is 6.92 Å². The Morgan fingerprint density at radius 2 is 2.00 bits per heavy atom. The van der Waals surface area contributed by atoms with Crippen molar-refractivity contribution in [3.05, 3.63) is 83.4 Å². The van der Waals surface area contributed by atoms with E-state index in [0.717, 1.165) is 30.2 Å². The van der Waals surface area contributed by atoms with Gasteiger partial charge in [-0.05, 0) is 42.7 Å². The number of rotatable bonds is 6. The minimum Gasteiger partial charge on any atom is -0.497 e. The number of carbonyl (C=O) groups is 1. The molecular weight excluding hydrogens is 416 g/mol. The zero-order valence-electron chi connectivity index (χ0n) is 19.0. The molecule has 33 heavy (non-hydrogen) atoms. The van der Waals surface area contributed by atoms with Gasteiger partial charge in [-0.3, -0.25) is 14.8 Å². The van der Waals surface area contributed by atoms with E-state index in [1.807, 2.05) is 19.1 Å². The van der Waals surface area contributed by atoms with Gasteiger partial charge >= 0.3 is 0 Å². The lowest BCUT2D eigenvalue weighted by Crippen LogP contribution is -2.37. The highest BCUT2D eigenvalue weighted by Crippen LogP contribution is 2.47. The molecule has 0 radical (unpaired) electrons. The summed E-state index contributed by atoms with van der Waals surface area (Å²) in [5, 5.41) is 2.96. The van der Waals surface area contributed by atoms with E-state index in [2.05, 4.69) is 56.6 Å². The Hall–Kier alpha value is -3.45. The second kappa shape index (κ2) is 8.83. The standard InChI is InChI=1S/C26H28N4O3/c1-18-12-28-20(13-27-18)14-29-25(31)24-11-26(17-33-24)16-30(23-6-4-3-5-22(23)26)15-19-7-9-21(32-2)10-8-19/h3-10,12-13,24H,11,14-17H2,1-2H3,(H,29,31). The molecule has 1 amide bonds. The molecule has 2 aromatic carbocycles. The molecule has 2 aliphatic heterocycles. The largest absolute Gasteiger partial charge is 0.497 e. The van der Waals surface area contributed by atoms with E-state index in [0.29, 0.717) is 19.6 Å². The predicted molar refractivity (Wildman–Crippen MR) is 125 cm³/mol. The van der Waals surface area contributed by atoms with Gasteiger partial charge in [0.1, 0.15) is 11.9 Å². The Morgan fingerprint density at radius 3 is 2.76 bits per heavy atom. The molecule has 7 heteroatoms. The molecule has 3 heterocycles. The van der Waals surface area contributed by atoms with Crippen molar-refractivity contribution in [1.29, 1.82) is 0 Å². The van der Waals surface area contributed by atoms with Crippen LogP contribution in [0.2, 0.25) is 0 Å². The van der Waals surface area contributed by atoms with Crippen LogP contribution in [0.15, 0.2) is 60.9 Å². The molecule has 5 rings (SSSR count). The van der Waals surface area contributed by atoms with Gasteiger partial charge in [0.15, 0.2) is 0 Å². The van der Waals surface area contributed by atoms with E-state index in [1.165, 1.54) is 16.8 Å². The monoisotopic (exact) mass is 444 g/mol. The lowest BCUT2D eigenvalue weighted by Gasteiger charge is -2.24. The maximum Gasteiger partial charge on any atom is 0.249 e. The number of methoxy groups -OCH3 is 1. The fourth-order valence-corrected chi connectivity index (χ4v) is 4.83. The van der Waals surface area contributed by atoms with Crippen molar-refractivity contribution in [1.82, 2.24) is 15.3 Å². The molecule has 3 aromatic rings. The second-order valence-electron chi connectivity index (χ2n) is 8.87. The summed E-state index contributed by atoms with van der Waals surface area (Å²) in [5.74, 6) is 0.757. The Bertz CT molecular complexity index is 1130. The fraction of sp³-hybridized carbons (Fsp3) is 0.346. The molecule has 1 spiro atoms. The number of aromatic nitrogens is 2. The summed E-state index contributed by atoms with van der Waals surface area (Å²) < 4.78 is 11.3. The molecule has 2 atom stereocenters. The number of benzene rings is 2. The van der Waals surface area contributed by atoms with E-state index in [-0.39, 0.29) is 11.3 Å². The van der Waals surface area contributed by atoms with Crippen molar-refractivity contribution in [3.8, 4) is 5.75 Å². The van der Waals surface area contributed by atoms with E-state index in [1.54, 1.807) is 19.5 Å². The SMILES string of the molecule is COc1ccc(CN2CC3(COC(C(=O)NCc4cnc(C)cn4)C3)c3ccccc32)cc1. The van der Waals surface area contributed by atoms with Crippen molar-refractivity contribution in [2.75, 3.05) is 25.2 Å². The number of hydrogen-bond donors (Lipinski definition) is 1. The van der Waals surface area contributed by atoms with Crippen LogP contribution in [0.25, 0.3) is 0 Å². The maximum atomic E-state index is 12.9. The van der Waals surface area contributed by atoms with Crippen LogP contribution < -0.4 is 15.0 Å². The molecule has 1 fully saturated rings. The van der Waals surface area contributed by atoms with Crippen molar-refractivity contribution in [2.24, 2.45) is 0 Å². The average molecular weight is 445 g/mol. The van der Waals surface area contributed by atoms with Crippen LogP contribution in [-0.2, 0) is 28.0 Å². The lowest BCUT2D eigenvalue weighted by molar-refractivity contribution is -0.130. The number of anilines is 1. The first-order valence-electron chi connectivity index (χ1n) is 11.2. The summed E-state index contributed by atoms with van der Waals surface area (Å²) in [5.41, 5.74) is 5.10. The van der Waals surface area contributed by atoms with Gasteiger partial charge in [-0.2, -0.15) is 0 Å². The van der Waals surface area contributed by atoms with Gasteiger partial charge in [-0.15, -0.1) is 0 Å². The van der Waals surface area contributed by atoms with Crippen molar-refractivity contribution in [2.45, 2.75) is 38.0 Å². The number of amides is 1. The highest BCUT2D eigenvalue weighted by Gasteiger charge is 2.50. The van der Waals surface area contributed by atoms with Gasteiger partial charge in [0.25, 0.3) is 0 Å². The minimum atomic E-state index is -0.475. The molecule has 170 valence electrons. The number of nitrogens with one attached hydrogen (secondary N) is 1. The van der Waals surface area contributed by atoms with Gasteiger partial charge in [0, 0.05) is 30.4 Å². The summed E-state index contributed by atoms with van der Waals surface area (Å²) >= 11 is 0. The smallest absolute Gasteiger partial charge is 0.249 e. The van der Waals surface area contributed by atoms with Gasteiger partial charge < -0.3 is 19.7 Å². The highest BCUT2D eigenvalue weighted by atomic mass is 16.5. The van der Waals surface area contributed by atoms with Crippen LogP contribution in [0.4, 0.5) is 5.69 Å². The van der Waals surface area contributed by atoms with Crippen molar-refractivity contribution < 1.29 is 14.3 Å². The normalized spacial score (nSPS) is 21.3. The second-order valence-corrected chi connectivity index (χ2v) is 8.87. The number of fused-ring (bicyclic) bond motifs is 2. The summed E-state index contributed by atoms with van der Waals surface area (Å²) in [6.07, 6.45) is 3.58. The van der Waals surface area contributed by atoms with E-state index < -0.39 is 6.10 Å². The molecule has 1 aromatic heterocycles. The summed E-state index contributed by atoms with van der Waals surface area (Å²) in [7, 11) is 1.68.